The molecule has 1 aromatic heterocycles. The third-order valence-corrected chi connectivity index (χ3v) is 3.17. The van der Waals surface area contributed by atoms with Crippen LogP contribution in [-0.4, -0.2) is 39.5 Å². The minimum Gasteiger partial charge on any atom is -0.326 e. The maximum absolute atomic E-state index is 12.5. The standard InChI is InChI=1S/C11H9ClF3N3O3/c12-9-8(3-7(4-16-9)18(20)21)10(19)17(6-1-2-6)5-11(13,14)15/h3-4,6H,1-2,5H2. The lowest BCUT2D eigenvalue weighted by Crippen LogP contribution is -2.40. The van der Waals surface area contributed by atoms with E-state index in [1.807, 2.05) is 0 Å². The van der Waals surface area contributed by atoms with Crippen LogP contribution in [0.25, 0.3) is 0 Å². The van der Waals surface area contributed by atoms with Crippen molar-refractivity contribution in [2.75, 3.05) is 6.54 Å². The van der Waals surface area contributed by atoms with Gasteiger partial charge in [0.1, 0.15) is 17.9 Å². The molecule has 0 spiro atoms. The number of aromatic nitrogens is 1. The summed E-state index contributed by atoms with van der Waals surface area (Å²) in [5, 5.41) is 10.3. The van der Waals surface area contributed by atoms with Crippen LogP contribution in [0.1, 0.15) is 23.2 Å². The summed E-state index contributed by atoms with van der Waals surface area (Å²) in [6.45, 7) is -1.42. The van der Waals surface area contributed by atoms with Crippen LogP contribution < -0.4 is 0 Å². The van der Waals surface area contributed by atoms with Crippen LogP contribution >= 0.6 is 11.6 Å². The monoisotopic (exact) mass is 323 g/mol. The van der Waals surface area contributed by atoms with Gasteiger partial charge in [0, 0.05) is 12.1 Å². The summed E-state index contributed by atoms with van der Waals surface area (Å²) >= 11 is 5.67. The quantitative estimate of drug-likeness (QED) is 0.485. The van der Waals surface area contributed by atoms with Crippen LogP contribution in [0.4, 0.5) is 18.9 Å². The molecular formula is C11H9ClF3N3O3. The zero-order chi connectivity index (χ0) is 15.8. The fourth-order valence-electron chi connectivity index (χ4n) is 1.79. The average Bonchev–Trinajstić information content (AvgIpc) is 3.18. The van der Waals surface area contributed by atoms with Crippen molar-refractivity contribution < 1.29 is 22.9 Å². The van der Waals surface area contributed by atoms with Crippen LogP contribution in [-0.2, 0) is 0 Å². The maximum Gasteiger partial charge on any atom is 0.406 e. The average molecular weight is 324 g/mol. The van der Waals surface area contributed by atoms with E-state index in [0.29, 0.717) is 17.7 Å². The van der Waals surface area contributed by atoms with E-state index in [4.69, 9.17) is 11.6 Å². The Morgan fingerprint density at radius 3 is 2.62 bits per heavy atom. The number of hydrogen-bond donors (Lipinski definition) is 0. The Morgan fingerprint density at radius 1 is 1.52 bits per heavy atom. The molecule has 0 aromatic carbocycles. The van der Waals surface area contributed by atoms with Gasteiger partial charge in [0.05, 0.1) is 10.5 Å². The summed E-state index contributed by atoms with van der Waals surface area (Å²) in [4.78, 5) is 26.1. The van der Waals surface area contributed by atoms with Crippen LogP contribution in [0, 0.1) is 10.1 Å². The summed E-state index contributed by atoms with van der Waals surface area (Å²) in [6, 6.07) is 0.318. The molecule has 0 aliphatic heterocycles. The Kier molecular flexibility index (Phi) is 4.04. The van der Waals surface area contributed by atoms with Gasteiger partial charge in [-0.25, -0.2) is 4.98 Å². The van der Waals surface area contributed by atoms with E-state index in [1.54, 1.807) is 0 Å². The van der Waals surface area contributed by atoms with Crippen LogP contribution in [0.5, 0.6) is 0 Å². The van der Waals surface area contributed by atoms with Gasteiger partial charge < -0.3 is 4.90 Å². The van der Waals surface area contributed by atoms with Gasteiger partial charge in [0.15, 0.2) is 0 Å². The van der Waals surface area contributed by atoms with E-state index in [0.717, 1.165) is 12.3 Å². The Balaban J connectivity index is 2.32. The molecule has 1 saturated carbocycles. The van der Waals surface area contributed by atoms with Crippen molar-refractivity contribution >= 4 is 23.2 Å². The number of alkyl halides is 3. The van der Waals surface area contributed by atoms with Gasteiger partial charge in [-0.1, -0.05) is 11.6 Å². The van der Waals surface area contributed by atoms with Crippen molar-refractivity contribution in [2.24, 2.45) is 0 Å². The van der Waals surface area contributed by atoms with Crippen molar-refractivity contribution in [1.82, 2.24) is 9.88 Å². The Morgan fingerprint density at radius 2 is 2.14 bits per heavy atom. The second kappa shape index (κ2) is 5.47. The van der Waals surface area contributed by atoms with Gasteiger partial charge >= 0.3 is 6.18 Å². The molecule has 0 radical (unpaired) electrons. The number of carbonyl (C=O) groups excluding carboxylic acids is 1. The number of carbonyl (C=O) groups is 1. The molecule has 0 unspecified atom stereocenters. The van der Waals surface area contributed by atoms with Gasteiger partial charge in [0.25, 0.3) is 11.6 Å². The molecule has 10 heteroatoms. The lowest BCUT2D eigenvalue weighted by atomic mass is 10.2. The van der Waals surface area contributed by atoms with E-state index in [9.17, 15) is 28.1 Å². The first-order valence-corrected chi connectivity index (χ1v) is 6.24. The summed E-state index contributed by atoms with van der Waals surface area (Å²) in [5.74, 6) is -1.00. The molecule has 0 bridgehead atoms. The smallest absolute Gasteiger partial charge is 0.326 e. The molecule has 114 valence electrons. The van der Waals surface area contributed by atoms with Crippen molar-refractivity contribution in [3.05, 3.63) is 33.1 Å². The Hall–Kier alpha value is -1.90. The van der Waals surface area contributed by atoms with Crippen molar-refractivity contribution in [1.29, 1.82) is 0 Å². The number of rotatable bonds is 4. The van der Waals surface area contributed by atoms with Crippen molar-refractivity contribution in [2.45, 2.75) is 25.1 Å². The number of nitrogens with zero attached hydrogens (tertiary/aromatic N) is 3. The second-order valence-corrected chi connectivity index (χ2v) is 4.93. The lowest BCUT2D eigenvalue weighted by molar-refractivity contribution is -0.385. The zero-order valence-electron chi connectivity index (χ0n) is 10.4. The van der Waals surface area contributed by atoms with Gasteiger partial charge in [-0.3, -0.25) is 14.9 Å². The first kappa shape index (κ1) is 15.5. The minimum absolute atomic E-state index is 0.363. The molecule has 6 nitrogen and oxygen atoms in total. The highest BCUT2D eigenvalue weighted by atomic mass is 35.5. The molecule has 1 aliphatic rings. The SMILES string of the molecule is O=C(c1cc([N+](=O)[O-])cnc1Cl)N(CC(F)(F)F)C1CC1. The molecule has 1 amide bonds. The zero-order valence-corrected chi connectivity index (χ0v) is 11.2. The normalized spacial score (nSPS) is 14.9. The van der Waals surface area contributed by atoms with Crippen LogP contribution in [0.3, 0.4) is 0 Å². The van der Waals surface area contributed by atoms with E-state index in [1.165, 1.54) is 0 Å². The number of nitro groups is 1. The number of hydrogen-bond acceptors (Lipinski definition) is 4. The Labute approximate surface area is 121 Å². The van der Waals surface area contributed by atoms with Crippen molar-refractivity contribution in [3.63, 3.8) is 0 Å². The lowest BCUT2D eigenvalue weighted by Gasteiger charge is -2.23. The highest BCUT2D eigenvalue weighted by molar-refractivity contribution is 6.32. The molecule has 21 heavy (non-hydrogen) atoms. The van der Waals surface area contributed by atoms with Gasteiger partial charge in [-0.15, -0.1) is 0 Å². The highest BCUT2D eigenvalue weighted by Gasteiger charge is 2.41. The van der Waals surface area contributed by atoms with Crippen molar-refractivity contribution in [3.8, 4) is 0 Å². The van der Waals surface area contributed by atoms with Gasteiger partial charge in [-0.2, -0.15) is 13.2 Å². The summed E-state index contributed by atoms with van der Waals surface area (Å²) in [6.07, 6.45) is -2.80. The molecule has 1 heterocycles. The van der Waals surface area contributed by atoms with Crippen LogP contribution in [0.2, 0.25) is 5.15 Å². The summed E-state index contributed by atoms with van der Waals surface area (Å²) < 4.78 is 37.6. The molecule has 0 saturated heterocycles. The van der Waals surface area contributed by atoms with E-state index in [-0.39, 0.29) is 5.15 Å². The molecule has 0 atom stereocenters. The topological polar surface area (TPSA) is 76.3 Å². The third-order valence-electron chi connectivity index (χ3n) is 2.86. The van der Waals surface area contributed by atoms with E-state index < -0.39 is 40.8 Å². The minimum atomic E-state index is -4.56. The maximum atomic E-state index is 12.5. The van der Waals surface area contributed by atoms with Gasteiger partial charge in [-0.05, 0) is 12.8 Å². The number of halogens is 4. The third kappa shape index (κ3) is 3.81. The summed E-state index contributed by atoms with van der Waals surface area (Å²) in [7, 11) is 0. The van der Waals surface area contributed by atoms with E-state index in [2.05, 4.69) is 4.98 Å². The van der Waals surface area contributed by atoms with E-state index >= 15 is 0 Å². The largest absolute Gasteiger partial charge is 0.406 e. The molecule has 1 aromatic rings. The molecular weight excluding hydrogens is 315 g/mol. The predicted octanol–water partition coefficient (Wildman–Crippen LogP) is 2.81. The predicted molar refractivity (Wildman–Crippen MR) is 66.0 cm³/mol. The molecule has 0 N–H and O–H groups in total. The molecule has 2 rings (SSSR count). The highest BCUT2D eigenvalue weighted by Crippen LogP contribution is 2.32. The first-order chi connectivity index (χ1) is 9.69. The fraction of sp³-hybridized carbons (Fsp3) is 0.455. The second-order valence-electron chi connectivity index (χ2n) is 4.57. The molecule has 1 fully saturated rings. The first-order valence-electron chi connectivity index (χ1n) is 5.86. The van der Waals surface area contributed by atoms with Crippen LogP contribution in [0.15, 0.2) is 12.3 Å². The Bertz CT molecular complexity index is 590. The number of amides is 1. The number of pyridine rings is 1. The molecule has 1 aliphatic carbocycles. The fourth-order valence-corrected chi connectivity index (χ4v) is 1.97. The summed E-state index contributed by atoms with van der Waals surface area (Å²) in [5.41, 5.74) is -0.910. The van der Waals surface area contributed by atoms with Gasteiger partial charge in [0.2, 0.25) is 0 Å².